The lowest BCUT2D eigenvalue weighted by molar-refractivity contribution is -0.161. The minimum absolute atomic E-state index is 0.0555. The van der Waals surface area contributed by atoms with Crippen molar-refractivity contribution < 1.29 is 24.2 Å². The number of rotatable bonds is 59. The highest BCUT2D eigenvalue weighted by molar-refractivity contribution is 5.70. The van der Waals surface area contributed by atoms with Crippen LogP contribution in [-0.4, -0.2) is 36.4 Å². The molecule has 0 heterocycles. The Labute approximate surface area is 420 Å². The summed E-state index contributed by atoms with van der Waals surface area (Å²) in [5, 5.41) is 9.67. The molecule has 1 atom stereocenters. The van der Waals surface area contributed by atoms with E-state index in [2.05, 4.69) is 13.8 Å². The van der Waals surface area contributed by atoms with Gasteiger partial charge in [0.25, 0.3) is 0 Å². The minimum atomic E-state index is -0.765. The first-order valence-corrected chi connectivity index (χ1v) is 31.1. The lowest BCUT2D eigenvalue weighted by atomic mass is 10.0. The van der Waals surface area contributed by atoms with E-state index in [1.807, 2.05) is 0 Å². The fourth-order valence-corrected chi connectivity index (χ4v) is 9.97. The zero-order valence-electron chi connectivity index (χ0n) is 46.0. The molecule has 0 bridgehead atoms. The lowest BCUT2D eigenvalue weighted by Gasteiger charge is -2.15. The SMILES string of the molecule is CCCCCCCCCCCCCCCCCCCCCCCCCCCCCC(=O)OC(CO)COC(=O)CCCCCCCCCCCCCCCCCCCCCCCCCCCC. The lowest BCUT2D eigenvalue weighted by Crippen LogP contribution is -2.28. The Balaban J connectivity index is 3.37. The van der Waals surface area contributed by atoms with Crippen molar-refractivity contribution in [2.45, 2.75) is 373 Å². The maximum absolute atomic E-state index is 12.3. The first kappa shape index (κ1) is 65.9. The Bertz CT molecular complexity index is 937. The van der Waals surface area contributed by atoms with E-state index in [0.29, 0.717) is 12.8 Å². The van der Waals surface area contributed by atoms with E-state index in [-0.39, 0.29) is 25.2 Å². The van der Waals surface area contributed by atoms with Gasteiger partial charge >= 0.3 is 11.9 Å². The molecule has 0 aliphatic rings. The van der Waals surface area contributed by atoms with Crippen LogP contribution in [0, 0.1) is 0 Å². The maximum atomic E-state index is 12.3. The van der Waals surface area contributed by atoms with Crippen molar-refractivity contribution in [2.75, 3.05) is 13.2 Å². The molecule has 0 aromatic carbocycles. The molecule has 1 N–H and O–H groups in total. The molecule has 0 aliphatic carbocycles. The molecule has 0 amide bonds. The van der Waals surface area contributed by atoms with E-state index in [1.54, 1.807) is 0 Å². The first-order valence-electron chi connectivity index (χ1n) is 31.1. The molecular formula is C62H122O5. The number of esters is 2. The van der Waals surface area contributed by atoms with Crippen molar-refractivity contribution in [2.24, 2.45) is 0 Å². The first-order chi connectivity index (χ1) is 33.1. The second-order valence-corrected chi connectivity index (χ2v) is 21.5. The number of carbonyl (C=O) groups is 2. The summed E-state index contributed by atoms with van der Waals surface area (Å²) in [5.74, 6) is -0.561. The molecule has 0 rings (SSSR count). The van der Waals surface area contributed by atoms with Gasteiger partial charge in [0.1, 0.15) is 6.61 Å². The van der Waals surface area contributed by atoms with Crippen molar-refractivity contribution in [1.29, 1.82) is 0 Å². The third kappa shape index (κ3) is 57.4. The fraction of sp³-hybridized carbons (Fsp3) is 0.968. The van der Waals surface area contributed by atoms with E-state index in [9.17, 15) is 14.7 Å². The minimum Gasteiger partial charge on any atom is -0.462 e. The number of hydrogen-bond donors (Lipinski definition) is 1. The quantitative estimate of drug-likeness (QED) is 0.0486. The van der Waals surface area contributed by atoms with Crippen LogP contribution < -0.4 is 0 Å². The molecule has 1 unspecified atom stereocenters. The summed E-state index contributed by atoms with van der Waals surface area (Å²) in [4.78, 5) is 24.6. The van der Waals surface area contributed by atoms with E-state index in [4.69, 9.17) is 9.47 Å². The average molecular weight is 948 g/mol. The molecule has 0 saturated carbocycles. The van der Waals surface area contributed by atoms with Gasteiger partial charge in [-0.05, 0) is 12.8 Å². The summed E-state index contributed by atoms with van der Waals surface area (Å²) < 4.78 is 10.7. The van der Waals surface area contributed by atoms with Gasteiger partial charge in [-0.2, -0.15) is 0 Å². The number of unbranched alkanes of at least 4 members (excludes halogenated alkanes) is 51. The van der Waals surface area contributed by atoms with Gasteiger partial charge in [-0.3, -0.25) is 9.59 Å². The van der Waals surface area contributed by atoms with Crippen LogP contribution in [0.1, 0.15) is 367 Å². The van der Waals surface area contributed by atoms with Gasteiger partial charge in [-0.25, -0.2) is 0 Å². The molecule has 0 aromatic heterocycles. The number of carbonyl (C=O) groups excluding carboxylic acids is 2. The van der Waals surface area contributed by atoms with Gasteiger partial charge in [-0.1, -0.05) is 341 Å². The number of aliphatic hydroxyl groups is 1. The van der Waals surface area contributed by atoms with Crippen molar-refractivity contribution >= 4 is 11.9 Å². The molecule has 67 heavy (non-hydrogen) atoms. The highest BCUT2D eigenvalue weighted by Gasteiger charge is 2.16. The summed E-state index contributed by atoms with van der Waals surface area (Å²) in [6.45, 7) is 4.22. The predicted octanol–water partition coefficient (Wildman–Crippen LogP) is 20.9. The Morgan fingerprint density at radius 1 is 0.284 bits per heavy atom. The molecule has 0 aliphatic heterocycles. The van der Waals surface area contributed by atoms with E-state index in [1.165, 1.54) is 308 Å². The topological polar surface area (TPSA) is 72.8 Å². The normalized spacial score (nSPS) is 12.0. The van der Waals surface area contributed by atoms with E-state index < -0.39 is 6.10 Å². The van der Waals surface area contributed by atoms with Gasteiger partial charge in [0.15, 0.2) is 6.10 Å². The van der Waals surface area contributed by atoms with Crippen LogP contribution >= 0.6 is 0 Å². The number of aliphatic hydroxyl groups excluding tert-OH is 1. The monoisotopic (exact) mass is 947 g/mol. The van der Waals surface area contributed by atoms with Gasteiger partial charge in [0.2, 0.25) is 0 Å². The zero-order chi connectivity index (χ0) is 48.5. The van der Waals surface area contributed by atoms with Crippen LogP contribution in [0.5, 0.6) is 0 Å². The van der Waals surface area contributed by atoms with Gasteiger partial charge < -0.3 is 14.6 Å². The highest BCUT2D eigenvalue weighted by atomic mass is 16.6. The summed E-state index contributed by atoms with van der Waals surface area (Å²) in [6.07, 6.45) is 72.5. The highest BCUT2D eigenvalue weighted by Crippen LogP contribution is 2.19. The van der Waals surface area contributed by atoms with E-state index >= 15 is 0 Å². The van der Waals surface area contributed by atoms with Crippen molar-refractivity contribution in [3.05, 3.63) is 0 Å². The standard InChI is InChI=1S/C62H122O5/c1-3-5-7-9-11-13-15-17-19-21-23-25-27-29-31-33-35-37-39-41-43-45-47-49-51-53-55-57-62(65)67-60(58-63)59-66-61(64)56-54-52-50-48-46-44-42-40-38-36-34-32-30-28-26-24-22-20-18-16-14-12-10-8-6-4-2/h60,63H,3-59H2,1-2H3. The molecule has 5 heteroatoms. The van der Waals surface area contributed by atoms with Gasteiger partial charge in [0.05, 0.1) is 6.61 Å². The average Bonchev–Trinajstić information content (AvgIpc) is 3.33. The van der Waals surface area contributed by atoms with Gasteiger partial charge in [0, 0.05) is 12.8 Å². The molecule has 0 saturated heterocycles. The number of hydrogen-bond acceptors (Lipinski definition) is 5. The van der Waals surface area contributed by atoms with Crippen LogP contribution in [0.2, 0.25) is 0 Å². The maximum Gasteiger partial charge on any atom is 0.306 e. The molecular weight excluding hydrogens is 825 g/mol. The third-order valence-electron chi connectivity index (χ3n) is 14.7. The second kappa shape index (κ2) is 59.2. The Hall–Kier alpha value is -1.10. The molecule has 0 radical (unpaired) electrons. The molecule has 0 fully saturated rings. The fourth-order valence-electron chi connectivity index (χ4n) is 9.97. The molecule has 0 spiro atoms. The zero-order valence-corrected chi connectivity index (χ0v) is 46.0. The third-order valence-corrected chi connectivity index (χ3v) is 14.7. The largest absolute Gasteiger partial charge is 0.462 e. The Morgan fingerprint density at radius 2 is 0.463 bits per heavy atom. The summed E-state index contributed by atoms with van der Waals surface area (Å²) in [6, 6.07) is 0. The van der Waals surface area contributed by atoms with E-state index in [0.717, 1.165) is 32.1 Å². The predicted molar refractivity (Wildman–Crippen MR) is 293 cm³/mol. The molecule has 400 valence electrons. The van der Waals surface area contributed by atoms with Crippen molar-refractivity contribution in [1.82, 2.24) is 0 Å². The summed E-state index contributed by atoms with van der Waals surface area (Å²) in [7, 11) is 0. The Kier molecular flexibility index (Phi) is 58.2. The van der Waals surface area contributed by atoms with Gasteiger partial charge in [-0.15, -0.1) is 0 Å². The second-order valence-electron chi connectivity index (χ2n) is 21.5. The molecule has 0 aromatic rings. The van der Waals surface area contributed by atoms with Crippen LogP contribution in [-0.2, 0) is 19.1 Å². The number of ether oxygens (including phenoxy) is 2. The summed E-state index contributed by atoms with van der Waals surface area (Å²) >= 11 is 0. The Morgan fingerprint density at radius 3 is 0.657 bits per heavy atom. The van der Waals surface area contributed by atoms with Crippen molar-refractivity contribution in [3.8, 4) is 0 Å². The van der Waals surface area contributed by atoms with Crippen LogP contribution in [0.4, 0.5) is 0 Å². The van der Waals surface area contributed by atoms with Crippen molar-refractivity contribution in [3.63, 3.8) is 0 Å². The summed E-state index contributed by atoms with van der Waals surface area (Å²) in [5.41, 5.74) is 0. The smallest absolute Gasteiger partial charge is 0.306 e. The molecule has 5 nitrogen and oxygen atoms in total. The van der Waals surface area contributed by atoms with Crippen LogP contribution in [0.25, 0.3) is 0 Å². The van der Waals surface area contributed by atoms with Crippen LogP contribution in [0.15, 0.2) is 0 Å². The van der Waals surface area contributed by atoms with Crippen LogP contribution in [0.3, 0.4) is 0 Å².